The molecule has 0 fully saturated rings. The maximum absolute atomic E-state index is 5.58. The van der Waals surface area contributed by atoms with Gasteiger partial charge in [0, 0.05) is 7.05 Å². The van der Waals surface area contributed by atoms with Gasteiger partial charge in [0.15, 0.2) is 0 Å². The standard InChI is InChI=1S/C8H10BrN3O/c1-11-7(10)6-4-3-5(9)8(12-6)13-2/h3-4H,1-2H3,(H2,10,11). The first-order chi connectivity index (χ1) is 6.19. The molecule has 1 rings (SSSR count). The predicted octanol–water partition coefficient (Wildman–Crippen LogP) is 1.19. The van der Waals surface area contributed by atoms with E-state index in [-0.39, 0.29) is 0 Å². The van der Waals surface area contributed by atoms with Crippen LogP contribution >= 0.6 is 15.9 Å². The van der Waals surface area contributed by atoms with Crippen molar-refractivity contribution in [2.24, 2.45) is 10.7 Å². The van der Waals surface area contributed by atoms with E-state index < -0.39 is 0 Å². The number of aromatic nitrogens is 1. The third kappa shape index (κ3) is 2.18. The number of aliphatic imine (C=N–C) groups is 1. The molecule has 0 amide bonds. The molecule has 1 aromatic rings. The Morgan fingerprint density at radius 2 is 2.31 bits per heavy atom. The van der Waals surface area contributed by atoms with E-state index in [9.17, 15) is 0 Å². The normalized spacial score (nSPS) is 11.5. The van der Waals surface area contributed by atoms with Gasteiger partial charge in [0.1, 0.15) is 11.5 Å². The molecule has 0 atom stereocenters. The number of halogens is 1. The van der Waals surface area contributed by atoms with Crippen molar-refractivity contribution in [1.82, 2.24) is 4.98 Å². The summed E-state index contributed by atoms with van der Waals surface area (Å²) in [6.07, 6.45) is 0. The third-order valence-corrected chi connectivity index (χ3v) is 2.11. The molecule has 2 N–H and O–H groups in total. The summed E-state index contributed by atoms with van der Waals surface area (Å²) in [5.74, 6) is 0.898. The molecule has 0 aliphatic heterocycles. The van der Waals surface area contributed by atoms with E-state index >= 15 is 0 Å². The highest BCUT2D eigenvalue weighted by Gasteiger charge is 2.05. The van der Waals surface area contributed by atoms with Crippen LogP contribution in [0, 0.1) is 0 Å². The third-order valence-electron chi connectivity index (χ3n) is 1.51. The summed E-state index contributed by atoms with van der Waals surface area (Å²) < 4.78 is 5.81. The SMILES string of the molecule is CN=C(N)c1ccc(Br)c(OC)n1. The average molecular weight is 244 g/mol. The molecule has 0 aliphatic carbocycles. The predicted molar refractivity (Wildman–Crippen MR) is 55.1 cm³/mol. The van der Waals surface area contributed by atoms with E-state index in [0.717, 1.165) is 4.47 Å². The van der Waals surface area contributed by atoms with E-state index in [0.29, 0.717) is 17.4 Å². The number of ether oxygens (including phenoxy) is 1. The minimum absolute atomic E-state index is 0.394. The Kier molecular flexibility index (Phi) is 3.25. The Morgan fingerprint density at radius 3 is 2.85 bits per heavy atom. The van der Waals surface area contributed by atoms with Crippen molar-refractivity contribution < 1.29 is 4.74 Å². The lowest BCUT2D eigenvalue weighted by atomic mass is 10.3. The monoisotopic (exact) mass is 243 g/mol. The molecular formula is C8H10BrN3O. The molecule has 0 unspecified atom stereocenters. The van der Waals surface area contributed by atoms with Gasteiger partial charge in [0.25, 0.3) is 0 Å². The van der Waals surface area contributed by atoms with Crippen molar-refractivity contribution in [3.05, 3.63) is 22.3 Å². The van der Waals surface area contributed by atoms with Crippen molar-refractivity contribution in [1.29, 1.82) is 0 Å². The summed E-state index contributed by atoms with van der Waals surface area (Å²) in [6, 6.07) is 3.59. The maximum atomic E-state index is 5.58. The second kappa shape index (κ2) is 4.23. The number of hydrogen-bond acceptors (Lipinski definition) is 3. The fourth-order valence-electron chi connectivity index (χ4n) is 0.824. The van der Waals surface area contributed by atoms with Crippen LogP contribution in [0.4, 0.5) is 0 Å². The molecule has 13 heavy (non-hydrogen) atoms. The molecule has 0 saturated carbocycles. The van der Waals surface area contributed by atoms with Gasteiger partial charge in [-0.2, -0.15) is 0 Å². The molecule has 0 bridgehead atoms. The van der Waals surface area contributed by atoms with E-state index in [1.54, 1.807) is 20.2 Å². The quantitative estimate of drug-likeness (QED) is 0.627. The van der Waals surface area contributed by atoms with Gasteiger partial charge in [-0.1, -0.05) is 0 Å². The topological polar surface area (TPSA) is 60.5 Å². The van der Waals surface area contributed by atoms with Gasteiger partial charge in [-0.3, -0.25) is 4.99 Å². The fourth-order valence-corrected chi connectivity index (χ4v) is 1.21. The molecule has 4 nitrogen and oxygen atoms in total. The summed E-state index contributed by atoms with van der Waals surface area (Å²) in [5, 5.41) is 0. The molecule has 70 valence electrons. The van der Waals surface area contributed by atoms with Gasteiger partial charge in [0.05, 0.1) is 11.6 Å². The van der Waals surface area contributed by atoms with Crippen LogP contribution in [0.1, 0.15) is 5.69 Å². The van der Waals surface area contributed by atoms with Crippen LogP contribution in [0.15, 0.2) is 21.6 Å². The Bertz CT molecular complexity index is 338. The second-order valence-corrected chi connectivity index (χ2v) is 3.15. The molecule has 5 heteroatoms. The molecule has 0 radical (unpaired) electrons. The van der Waals surface area contributed by atoms with Gasteiger partial charge in [-0.25, -0.2) is 4.98 Å². The van der Waals surface area contributed by atoms with Crippen LogP contribution in [0.3, 0.4) is 0 Å². The van der Waals surface area contributed by atoms with Gasteiger partial charge in [0.2, 0.25) is 5.88 Å². The zero-order chi connectivity index (χ0) is 9.84. The molecular weight excluding hydrogens is 234 g/mol. The Morgan fingerprint density at radius 1 is 1.62 bits per heavy atom. The highest BCUT2D eigenvalue weighted by atomic mass is 79.9. The molecule has 0 saturated heterocycles. The van der Waals surface area contributed by atoms with E-state index in [4.69, 9.17) is 10.5 Å². The molecule has 1 heterocycles. The first-order valence-electron chi connectivity index (χ1n) is 3.62. The average Bonchev–Trinajstić information content (AvgIpc) is 2.17. The van der Waals surface area contributed by atoms with Crippen LogP contribution in [0.5, 0.6) is 5.88 Å². The Hall–Kier alpha value is -1.10. The van der Waals surface area contributed by atoms with Gasteiger partial charge in [-0.05, 0) is 28.1 Å². The number of hydrogen-bond donors (Lipinski definition) is 1. The number of rotatable bonds is 2. The van der Waals surface area contributed by atoms with E-state index in [2.05, 4.69) is 25.9 Å². The number of pyridine rings is 1. The summed E-state index contributed by atoms with van der Waals surface area (Å²) in [5.41, 5.74) is 6.20. The second-order valence-electron chi connectivity index (χ2n) is 2.30. The first kappa shape index (κ1) is 9.98. The van der Waals surface area contributed by atoms with Crippen molar-refractivity contribution >= 4 is 21.8 Å². The highest BCUT2D eigenvalue weighted by Crippen LogP contribution is 2.21. The lowest BCUT2D eigenvalue weighted by Gasteiger charge is -2.04. The van der Waals surface area contributed by atoms with Crippen LogP contribution in [0.2, 0.25) is 0 Å². The van der Waals surface area contributed by atoms with Crippen molar-refractivity contribution in [2.45, 2.75) is 0 Å². The number of nitrogens with two attached hydrogens (primary N) is 1. The minimum atomic E-state index is 0.394. The van der Waals surface area contributed by atoms with Gasteiger partial charge >= 0.3 is 0 Å². The number of amidine groups is 1. The van der Waals surface area contributed by atoms with Crippen molar-refractivity contribution in [2.75, 3.05) is 14.2 Å². The number of methoxy groups -OCH3 is 1. The van der Waals surface area contributed by atoms with Crippen LogP contribution < -0.4 is 10.5 Å². The van der Waals surface area contributed by atoms with Gasteiger partial charge < -0.3 is 10.5 Å². The fraction of sp³-hybridized carbons (Fsp3) is 0.250. The zero-order valence-electron chi connectivity index (χ0n) is 7.41. The summed E-state index contributed by atoms with van der Waals surface area (Å²) in [6.45, 7) is 0. The summed E-state index contributed by atoms with van der Waals surface area (Å²) in [4.78, 5) is 7.96. The van der Waals surface area contributed by atoms with Crippen molar-refractivity contribution in [3.8, 4) is 5.88 Å². The van der Waals surface area contributed by atoms with E-state index in [1.165, 1.54) is 0 Å². The maximum Gasteiger partial charge on any atom is 0.228 e. The van der Waals surface area contributed by atoms with E-state index in [1.807, 2.05) is 6.07 Å². The highest BCUT2D eigenvalue weighted by molar-refractivity contribution is 9.10. The largest absolute Gasteiger partial charge is 0.480 e. The lowest BCUT2D eigenvalue weighted by molar-refractivity contribution is 0.395. The molecule has 1 aromatic heterocycles. The van der Waals surface area contributed by atoms with Crippen LogP contribution in [-0.4, -0.2) is 25.0 Å². The molecule has 0 aliphatic rings. The minimum Gasteiger partial charge on any atom is -0.480 e. The van der Waals surface area contributed by atoms with Crippen LogP contribution in [0.25, 0.3) is 0 Å². The molecule has 0 spiro atoms. The summed E-state index contributed by atoms with van der Waals surface area (Å²) in [7, 11) is 3.17. The smallest absolute Gasteiger partial charge is 0.228 e. The Labute approximate surface area is 85.0 Å². The van der Waals surface area contributed by atoms with Gasteiger partial charge in [-0.15, -0.1) is 0 Å². The van der Waals surface area contributed by atoms with Crippen molar-refractivity contribution in [3.63, 3.8) is 0 Å². The number of nitrogens with zero attached hydrogens (tertiary/aromatic N) is 2. The summed E-state index contributed by atoms with van der Waals surface area (Å²) >= 11 is 3.29. The first-order valence-corrected chi connectivity index (χ1v) is 4.41. The lowest BCUT2D eigenvalue weighted by Crippen LogP contribution is -2.15. The Balaban J connectivity index is 3.13. The zero-order valence-corrected chi connectivity index (χ0v) is 9.00. The van der Waals surface area contributed by atoms with Crippen LogP contribution in [-0.2, 0) is 0 Å². The molecule has 0 aromatic carbocycles.